The first kappa shape index (κ1) is 25.8. The predicted molar refractivity (Wildman–Crippen MR) is 120 cm³/mol. The Bertz CT molecular complexity index is 743. The van der Waals surface area contributed by atoms with Gasteiger partial charge in [0.15, 0.2) is 8.32 Å². The van der Waals surface area contributed by atoms with Gasteiger partial charge in [0.1, 0.15) is 18.1 Å². The third-order valence-electron chi connectivity index (χ3n) is 6.03. The minimum Gasteiger partial charge on any atom is -0.454 e. The fourth-order valence-electron chi connectivity index (χ4n) is 3.23. The van der Waals surface area contributed by atoms with Crippen LogP contribution in [0.15, 0.2) is 12.7 Å². The lowest BCUT2D eigenvalue weighted by Gasteiger charge is -2.49. The number of esters is 1. The number of carbonyl (C=O) groups is 4. The molecule has 31 heavy (non-hydrogen) atoms. The van der Waals surface area contributed by atoms with Crippen LogP contribution in [-0.2, 0) is 33.1 Å². The van der Waals surface area contributed by atoms with Crippen molar-refractivity contribution in [3.05, 3.63) is 12.7 Å². The van der Waals surface area contributed by atoms with Gasteiger partial charge in [0.25, 0.3) is 0 Å². The van der Waals surface area contributed by atoms with Gasteiger partial charge in [-0.1, -0.05) is 45.2 Å². The number of likely N-dealkylation sites (tertiary alicyclic amines) is 1. The lowest BCUT2D eigenvalue weighted by molar-refractivity contribution is -0.174. The number of rotatable bonds is 7. The molecular formula is C21H33NO7SSi. The number of β-lactam (4-membered cyclic amide) rings is 1. The molecule has 2 aliphatic heterocycles. The molecule has 0 aromatic rings. The molecule has 2 rings (SSSR count). The van der Waals surface area contributed by atoms with Gasteiger partial charge < -0.3 is 13.9 Å². The van der Waals surface area contributed by atoms with Crippen LogP contribution in [0.3, 0.4) is 0 Å². The molecule has 2 fully saturated rings. The first-order valence-electron chi connectivity index (χ1n) is 10.5. The molecule has 174 valence electrons. The molecular weight excluding hydrogens is 438 g/mol. The van der Waals surface area contributed by atoms with Gasteiger partial charge >= 0.3 is 11.9 Å². The molecule has 8 nitrogen and oxygen atoms in total. The maximum Gasteiger partial charge on any atom is 0.397 e. The molecule has 0 aliphatic carbocycles. The highest BCUT2D eigenvalue weighted by atomic mass is 32.2. The number of carbonyl (C=O) groups excluding carboxylic acids is 4. The van der Waals surface area contributed by atoms with Gasteiger partial charge in [-0.3, -0.25) is 19.3 Å². The maximum atomic E-state index is 12.9. The molecule has 4 atom stereocenters. The summed E-state index contributed by atoms with van der Waals surface area (Å²) < 4.78 is 16.6. The van der Waals surface area contributed by atoms with Gasteiger partial charge in [-0.15, -0.1) is 0 Å². The molecule has 2 aliphatic rings. The normalized spacial score (nSPS) is 25.0. The van der Waals surface area contributed by atoms with E-state index in [-0.39, 0.29) is 16.8 Å². The molecule has 0 bridgehead atoms. The van der Waals surface area contributed by atoms with E-state index < -0.39 is 49.6 Å². The Balaban J connectivity index is 2.21. The largest absolute Gasteiger partial charge is 0.454 e. The fourth-order valence-corrected chi connectivity index (χ4v) is 6.02. The van der Waals surface area contributed by atoms with Crippen molar-refractivity contribution < 1.29 is 33.1 Å². The van der Waals surface area contributed by atoms with Crippen LogP contribution < -0.4 is 0 Å². The summed E-state index contributed by atoms with van der Waals surface area (Å²) in [5.41, 5.74) is 0. The van der Waals surface area contributed by atoms with Crippen LogP contribution in [0, 0.1) is 5.92 Å². The molecule has 0 N–H and O–H groups in total. The van der Waals surface area contributed by atoms with Crippen molar-refractivity contribution in [3.63, 3.8) is 0 Å². The van der Waals surface area contributed by atoms with Gasteiger partial charge in [0.2, 0.25) is 11.0 Å². The standard InChI is InChI=1S/C21H33NO7SSi/c1-8-11-28-19(25)17(24)22-16(23)15(13(2)29-31(6,7)21(3,4)5)18(22)30-20(26)14-10-9-12-27-14/h8,13-15,18H,1,9-12H2,2-7H3/t13?,14-,15+,18-/m1/s1. The zero-order valence-electron chi connectivity index (χ0n) is 19.1. The zero-order valence-corrected chi connectivity index (χ0v) is 21.0. The van der Waals surface area contributed by atoms with Crippen molar-refractivity contribution in [2.45, 2.75) is 76.3 Å². The van der Waals surface area contributed by atoms with Crippen molar-refractivity contribution >= 4 is 43.0 Å². The Morgan fingerprint density at radius 2 is 2.00 bits per heavy atom. The van der Waals surface area contributed by atoms with Crippen molar-refractivity contribution in [1.29, 1.82) is 0 Å². The average Bonchev–Trinajstić information content (AvgIpc) is 3.19. The van der Waals surface area contributed by atoms with Crippen LogP contribution in [0.25, 0.3) is 0 Å². The number of amides is 2. The molecule has 0 radical (unpaired) electrons. The van der Waals surface area contributed by atoms with E-state index in [1.54, 1.807) is 6.92 Å². The molecule has 2 heterocycles. The number of imide groups is 1. The van der Waals surface area contributed by atoms with E-state index in [2.05, 4.69) is 40.4 Å². The minimum absolute atomic E-state index is 0.0752. The molecule has 2 saturated heterocycles. The highest BCUT2D eigenvalue weighted by molar-refractivity contribution is 8.14. The van der Waals surface area contributed by atoms with Crippen molar-refractivity contribution in [2.24, 2.45) is 5.92 Å². The van der Waals surface area contributed by atoms with E-state index in [1.807, 2.05) is 0 Å². The highest BCUT2D eigenvalue weighted by Crippen LogP contribution is 2.43. The Hall–Kier alpha value is -1.49. The summed E-state index contributed by atoms with van der Waals surface area (Å²) >= 11 is 0.863. The fraction of sp³-hybridized carbons (Fsp3) is 0.714. The van der Waals surface area contributed by atoms with E-state index in [4.69, 9.17) is 13.9 Å². The van der Waals surface area contributed by atoms with Crippen LogP contribution in [-0.4, -0.2) is 66.9 Å². The summed E-state index contributed by atoms with van der Waals surface area (Å²) in [4.78, 5) is 51.1. The first-order chi connectivity index (χ1) is 14.3. The Morgan fingerprint density at radius 3 is 2.52 bits per heavy atom. The van der Waals surface area contributed by atoms with Gasteiger partial charge in [-0.2, -0.15) is 0 Å². The molecule has 0 saturated carbocycles. The Morgan fingerprint density at radius 1 is 1.35 bits per heavy atom. The summed E-state index contributed by atoms with van der Waals surface area (Å²) in [7, 11) is -2.20. The number of nitrogens with zero attached hydrogens (tertiary/aromatic N) is 1. The Labute approximate surface area is 189 Å². The van der Waals surface area contributed by atoms with Crippen LogP contribution >= 0.6 is 11.8 Å². The number of hydrogen-bond donors (Lipinski definition) is 0. The average molecular weight is 472 g/mol. The lowest BCUT2D eigenvalue weighted by Crippen LogP contribution is -2.67. The van der Waals surface area contributed by atoms with E-state index in [0.717, 1.165) is 23.1 Å². The van der Waals surface area contributed by atoms with Crippen molar-refractivity contribution in [2.75, 3.05) is 13.2 Å². The number of hydrogen-bond acceptors (Lipinski definition) is 8. The second-order valence-electron chi connectivity index (χ2n) is 9.34. The maximum absolute atomic E-state index is 12.9. The van der Waals surface area contributed by atoms with E-state index >= 15 is 0 Å². The van der Waals surface area contributed by atoms with Gasteiger partial charge in [0, 0.05) is 6.61 Å². The summed E-state index contributed by atoms with van der Waals surface area (Å²) in [5, 5.41) is -1.17. The van der Waals surface area contributed by atoms with E-state index in [1.165, 1.54) is 6.08 Å². The second-order valence-corrected chi connectivity index (χ2v) is 15.2. The molecule has 2 amide bonds. The predicted octanol–water partition coefficient (Wildman–Crippen LogP) is 2.88. The van der Waals surface area contributed by atoms with Crippen LogP contribution in [0.2, 0.25) is 18.1 Å². The SMILES string of the molecule is C=CCOC(=O)C(=O)N1C(=O)[C@H](C(C)O[Si](C)(C)C(C)(C)C)[C@H]1SC(=O)[C@H]1CCCO1. The van der Waals surface area contributed by atoms with Crippen molar-refractivity contribution in [1.82, 2.24) is 4.90 Å². The van der Waals surface area contributed by atoms with E-state index in [9.17, 15) is 19.2 Å². The van der Waals surface area contributed by atoms with Crippen LogP contribution in [0.4, 0.5) is 0 Å². The quantitative estimate of drug-likeness (QED) is 0.184. The minimum atomic E-state index is -2.20. The first-order valence-corrected chi connectivity index (χ1v) is 14.3. The molecule has 0 aromatic carbocycles. The summed E-state index contributed by atoms with van der Waals surface area (Å²) in [6.45, 7) is 16.0. The smallest absolute Gasteiger partial charge is 0.397 e. The highest BCUT2D eigenvalue weighted by Gasteiger charge is 2.57. The lowest BCUT2D eigenvalue weighted by atomic mass is 9.92. The third-order valence-corrected chi connectivity index (χ3v) is 11.8. The van der Waals surface area contributed by atoms with Gasteiger partial charge in [-0.25, -0.2) is 4.79 Å². The number of thioether (sulfide) groups is 1. The van der Waals surface area contributed by atoms with Crippen LogP contribution in [0.1, 0.15) is 40.5 Å². The van der Waals surface area contributed by atoms with Crippen LogP contribution in [0.5, 0.6) is 0 Å². The van der Waals surface area contributed by atoms with E-state index in [0.29, 0.717) is 13.0 Å². The molecule has 0 aromatic heterocycles. The third kappa shape index (κ3) is 5.66. The summed E-state index contributed by atoms with van der Waals surface area (Å²) in [5.74, 6) is -3.50. The molecule has 1 unspecified atom stereocenters. The zero-order chi connectivity index (χ0) is 23.6. The monoisotopic (exact) mass is 471 g/mol. The van der Waals surface area contributed by atoms with Crippen molar-refractivity contribution in [3.8, 4) is 0 Å². The summed E-state index contributed by atoms with van der Waals surface area (Å²) in [6, 6.07) is 0. The van der Waals surface area contributed by atoms with Gasteiger partial charge in [0.05, 0.1) is 12.0 Å². The number of ether oxygens (including phenoxy) is 2. The molecule has 10 heteroatoms. The topological polar surface area (TPSA) is 99.2 Å². The second kappa shape index (κ2) is 9.97. The molecule has 0 spiro atoms. The Kier molecular flexibility index (Phi) is 8.29. The summed E-state index contributed by atoms with van der Waals surface area (Å²) in [6.07, 6.45) is 1.63. The van der Waals surface area contributed by atoms with Gasteiger partial charge in [-0.05, 0) is 37.9 Å².